The number of hydrogen-bond donors (Lipinski definition) is 2. The van der Waals surface area contributed by atoms with E-state index in [0.717, 1.165) is 16.0 Å². The first kappa shape index (κ1) is 17.6. The fraction of sp³-hybridized carbons (Fsp3) is 0.105. The number of anilines is 1. The second kappa shape index (κ2) is 7.78. The van der Waals surface area contributed by atoms with E-state index in [9.17, 15) is 4.79 Å². The van der Waals surface area contributed by atoms with E-state index >= 15 is 0 Å². The standard InChI is InChI=1S/C19H18ClN3OS/c1-23(2)17-7-3-6-16-15(17)5-4-8-18(16)25-22-21-19(24)13-9-11-14(20)12-10-13/h3-12,22H,1-2H3,(H,21,24). The molecule has 0 fully saturated rings. The highest BCUT2D eigenvalue weighted by atomic mass is 35.5. The zero-order valence-electron chi connectivity index (χ0n) is 13.9. The molecule has 0 aliphatic heterocycles. The summed E-state index contributed by atoms with van der Waals surface area (Å²) in [5, 5.41) is 2.90. The summed E-state index contributed by atoms with van der Waals surface area (Å²) >= 11 is 7.21. The monoisotopic (exact) mass is 371 g/mol. The Morgan fingerprint density at radius 1 is 0.960 bits per heavy atom. The lowest BCUT2D eigenvalue weighted by Gasteiger charge is -2.16. The number of carbonyl (C=O) groups excluding carboxylic acids is 1. The number of amides is 1. The van der Waals surface area contributed by atoms with Crippen LogP contribution in [0.3, 0.4) is 0 Å². The van der Waals surface area contributed by atoms with Crippen LogP contribution in [0.4, 0.5) is 5.69 Å². The second-order valence-electron chi connectivity index (χ2n) is 5.69. The van der Waals surface area contributed by atoms with E-state index < -0.39 is 0 Å². The van der Waals surface area contributed by atoms with Crippen LogP contribution in [0.2, 0.25) is 5.02 Å². The van der Waals surface area contributed by atoms with Gasteiger partial charge >= 0.3 is 0 Å². The molecule has 0 aliphatic rings. The fourth-order valence-corrected chi connectivity index (χ4v) is 3.36. The molecule has 3 aromatic carbocycles. The Labute approximate surface area is 156 Å². The van der Waals surface area contributed by atoms with Crippen LogP contribution in [0.1, 0.15) is 10.4 Å². The third kappa shape index (κ3) is 4.07. The van der Waals surface area contributed by atoms with Crippen LogP contribution in [0.25, 0.3) is 10.8 Å². The number of halogens is 1. The molecule has 0 atom stereocenters. The van der Waals surface area contributed by atoms with Gasteiger partial charge in [0.25, 0.3) is 5.91 Å². The van der Waals surface area contributed by atoms with E-state index in [2.05, 4.69) is 33.4 Å². The van der Waals surface area contributed by atoms with Crippen molar-refractivity contribution in [3.8, 4) is 0 Å². The molecule has 3 aromatic rings. The van der Waals surface area contributed by atoms with E-state index in [-0.39, 0.29) is 5.91 Å². The van der Waals surface area contributed by atoms with Gasteiger partial charge in [-0.2, -0.15) is 4.83 Å². The molecule has 0 aromatic heterocycles. The van der Waals surface area contributed by atoms with Crippen LogP contribution < -0.4 is 15.2 Å². The molecular weight excluding hydrogens is 354 g/mol. The molecule has 0 saturated carbocycles. The average molecular weight is 372 g/mol. The molecule has 0 aliphatic carbocycles. The van der Waals surface area contributed by atoms with Crippen molar-refractivity contribution < 1.29 is 4.79 Å². The highest BCUT2D eigenvalue weighted by Gasteiger charge is 2.08. The van der Waals surface area contributed by atoms with Gasteiger partial charge in [-0.05, 0) is 53.7 Å². The largest absolute Gasteiger partial charge is 0.377 e. The Morgan fingerprint density at radius 2 is 1.64 bits per heavy atom. The van der Waals surface area contributed by atoms with Gasteiger partial charge < -0.3 is 4.90 Å². The topological polar surface area (TPSA) is 44.4 Å². The normalized spacial score (nSPS) is 10.7. The van der Waals surface area contributed by atoms with Gasteiger partial charge in [-0.25, -0.2) is 0 Å². The van der Waals surface area contributed by atoms with Crippen molar-refractivity contribution in [3.63, 3.8) is 0 Å². The highest BCUT2D eigenvalue weighted by molar-refractivity contribution is 7.97. The Morgan fingerprint density at radius 3 is 2.36 bits per heavy atom. The summed E-state index contributed by atoms with van der Waals surface area (Å²) < 4.78 is 0. The molecule has 25 heavy (non-hydrogen) atoms. The zero-order chi connectivity index (χ0) is 17.8. The summed E-state index contributed by atoms with van der Waals surface area (Å²) in [7, 11) is 4.05. The van der Waals surface area contributed by atoms with Gasteiger partial charge in [0.15, 0.2) is 0 Å². The van der Waals surface area contributed by atoms with Crippen LogP contribution in [-0.4, -0.2) is 20.0 Å². The summed E-state index contributed by atoms with van der Waals surface area (Å²) in [5.74, 6) is -0.210. The molecular formula is C19H18ClN3OS. The predicted molar refractivity (Wildman–Crippen MR) is 106 cm³/mol. The number of carbonyl (C=O) groups is 1. The lowest BCUT2D eigenvalue weighted by molar-refractivity contribution is 0.0947. The van der Waals surface area contributed by atoms with Gasteiger partial charge in [0.1, 0.15) is 0 Å². The summed E-state index contributed by atoms with van der Waals surface area (Å²) in [5.41, 5.74) is 4.39. The van der Waals surface area contributed by atoms with Crippen LogP contribution >= 0.6 is 23.5 Å². The first-order chi connectivity index (χ1) is 12.1. The molecule has 0 heterocycles. The summed E-state index contributed by atoms with van der Waals surface area (Å²) in [6.45, 7) is 0. The lowest BCUT2D eigenvalue weighted by Crippen LogP contribution is -2.32. The summed E-state index contributed by atoms with van der Waals surface area (Å²) in [6.07, 6.45) is 0. The van der Waals surface area contributed by atoms with Crippen molar-refractivity contribution in [2.45, 2.75) is 4.90 Å². The molecule has 0 unspecified atom stereocenters. The first-order valence-electron chi connectivity index (χ1n) is 7.73. The van der Waals surface area contributed by atoms with E-state index in [0.29, 0.717) is 10.6 Å². The number of nitrogens with zero attached hydrogens (tertiary/aromatic N) is 1. The van der Waals surface area contributed by atoms with Crippen LogP contribution in [0.5, 0.6) is 0 Å². The predicted octanol–water partition coefficient (Wildman–Crippen LogP) is 4.50. The third-order valence-electron chi connectivity index (χ3n) is 3.77. The lowest BCUT2D eigenvalue weighted by atomic mass is 10.1. The number of fused-ring (bicyclic) bond motifs is 1. The Kier molecular flexibility index (Phi) is 5.48. The summed E-state index contributed by atoms with van der Waals surface area (Å²) in [6, 6.07) is 19.1. The van der Waals surface area contributed by atoms with Gasteiger partial charge in [-0.15, -0.1) is 0 Å². The van der Waals surface area contributed by atoms with E-state index in [1.54, 1.807) is 24.3 Å². The molecule has 4 nitrogen and oxygen atoms in total. The average Bonchev–Trinajstić information content (AvgIpc) is 2.61. The molecule has 3 rings (SSSR count). The first-order valence-corrected chi connectivity index (χ1v) is 8.92. The molecule has 128 valence electrons. The quantitative estimate of drug-likeness (QED) is 0.512. The molecule has 6 heteroatoms. The van der Waals surface area contributed by atoms with Crippen molar-refractivity contribution in [1.29, 1.82) is 0 Å². The van der Waals surface area contributed by atoms with Crippen LogP contribution in [-0.2, 0) is 0 Å². The summed E-state index contributed by atoms with van der Waals surface area (Å²) in [4.78, 5) is 18.2. The number of nitrogens with one attached hydrogen (secondary N) is 2. The molecule has 1 amide bonds. The van der Waals surface area contributed by atoms with Crippen molar-refractivity contribution in [1.82, 2.24) is 10.3 Å². The number of benzene rings is 3. The maximum atomic E-state index is 12.1. The number of hydrogen-bond acceptors (Lipinski definition) is 4. The Balaban J connectivity index is 1.72. The maximum Gasteiger partial charge on any atom is 0.266 e. The van der Waals surface area contributed by atoms with Crippen molar-refractivity contribution in [2.24, 2.45) is 0 Å². The molecule has 0 bridgehead atoms. The van der Waals surface area contributed by atoms with E-state index in [1.807, 2.05) is 32.3 Å². The molecule has 0 saturated heterocycles. The van der Waals surface area contributed by atoms with E-state index in [4.69, 9.17) is 11.6 Å². The van der Waals surface area contributed by atoms with Crippen LogP contribution in [0, 0.1) is 0 Å². The van der Waals surface area contributed by atoms with Gasteiger partial charge in [0.2, 0.25) is 0 Å². The minimum absolute atomic E-state index is 0.210. The Hall–Kier alpha value is -2.21. The van der Waals surface area contributed by atoms with Crippen molar-refractivity contribution >= 4 is 45.9 Å². The minimum atomic E-state index is -0.210. The zero-order valence-corrected chi connectivity index (χ0v) is 15.5. The van der Waals surface area contributed by atoms with E-state index in [1.165, 1.54) is 17.3 Å². The molecule has 2 N–H and O–H groups in total. The third-order valence-corrected chi connectivity index (χ3v) is 4.80. The molecule has 0 radical (unpaired) electrons. The smallest absolute Gasteiger partial charge is 0.266 e. The van der Waals surface area contributed by atoms with Crippen molar-refractivity contribution in [3.05, 3.63) is 71.2 Å². The minimum Gasteiger partial charge on any atom is -0.377 e. The second-order valence-corrected chi connectivity index (χ2v) is 6.97. The number of hydrazine groups is 1. The number of rotatable bonds is 5. The van der Waals surface area contributed by atoms with Gasteiger partial charge in [-0.1, -0.05) is 35.9 Å². The van der Waals surface area contributed by atoms with Crippen molar-refractivity contribution in [2.75, 3.05) is 19.0 Å². The fourth-order valence-electron chi connectivity index (χ4n) is 2.54. The highest BCUT2D eigenvalue weighted by Crippen LogP contribution is 2.31. The van der Waals surface area contributed by atoms with Gasteiger partial charge in [-0.3, -0.25) is 10.2 Å². The van der Waals surface area contributed by atoms with Gasteiger partial charge in [0.05, 0.1) is 0 Å². The maximum absolute atomic E-state index is 12.1. The van der Waals surface area contributed by atoms with Gasteiger partial charge in [0, 0.05) is 40.7 Å². The van der Waals surface area contributed by atoms with Crippen LogP contribution in [0.15, 0.2) is 65.6 Å². The Bertz CT molecular complexity index is 897. The molecule has 0 spiro atoms. The SMILES string of the molecule is CN(C)c1cccc2c(SNNC(=O)c3ccc(Cl)cc3)cccc12.